The van der Waals surface area contributed by atoms with Gasteiger partial charge in [0.2, 0.25) is 5.88 Å². The zero-order valence-corrected chi connectivity index (χ0v) is 12.1. The molecule has 1 aliphatic heterocycles. The quantitative estimate of drug-likeness (QED) is 0.876. The summed E-state index contributed by atoms with van der Waals surface area (Å²) < 4.78 is 5.28. The molecule has 1 N–H and O–H groups in total. The Labute approximate surface area is 115 Å². The van der Waals surface area contributed by atoms with Gasteiger partial charge in [0.15, 0.2) is 0 Å². The Bertz CT molecular complexity index is 404. The first-order valence-corrected chi connectivity index (χ1v) is 7.07. The number of methoxy groups -OCH3 is 1. The number of nitrogens with one attached hydrogen (secondary N) is 1. The lowest BCUT2D eigenvalue weighted by atomic mass is 9.97. The van der Waals surface area contributed by atoms with Crippen molar-refractivity contribution < 1.29 is 4.74 Å². The predicted molar refractivity (Wildman–Crippen MR) is 76.8 cm³/mol. The number of anilines is 1. The molecule has 1 saturated heterocycles. The zero-order chi connectivity index (χ0) is 13.7. The highest BCUT2D eigenvalue weighted by atomic mass is 16.5. The van der Waals surface area contributed by atoms with E-state index in [1.54, 1.807) is 13.4 Å². The Morgan fingerprint density at radius 2 is 2.11 bits per heavy atom. The fourth-order valence-corrected chi connectivity index (χ4v) is 2.69. The molecule has 1 aliphatic rings. The summed E-state index contributed by atoms with van der Waals surface area (Å²) in [4.78, 5) is 10.9. The van der Waals surface area contributed by atoms with Gasteiger partial charge in [-0.15, -0.1) is 0 Å². The topological polar surface area (TPSA) is 50.3 Å². The summed E-state index contributed by atoms with van der Waals surface area (Å²) >= 11 is 0. The smallest absolute Gasteiger partial charge is 0.221 e. The molecule has 1 fully saturated rings. The minimum absolute atomic E-state index is 0.675. The van der Waals surface area contributed by atoms with Gasteiger partial charge < -0.3 is 15.0 Å². The number of piperidine rings is 1. The van der Waals surface area contributed by atoms with Crippen LogP contribution in [0.5, 0.6) is 5.88 Å². The van der Waals surface area contributed by atoms with Crippen molar-refractivity contribution in [3.63, 3.8) is 0 Å². The van der Waals surface area contributed by atoms with Crippen LogP contribution in [-0.4, -0.2) is 43.3 Å². The van der Waals surface area contributed by atoms with Crippen LogP contribution in [0.1, 0.15) is 25.3 Å². The van der Waals surface area contributed by atoms with E-state index < -0.39 is 0 Å². The minimum atomic E-state index is 0.675. The maximum atomic E-state index is 5.28. The van der Waals surface area contributed by atoms with Gasteiger partial charge in [0, 0.05) is 13.1 Å². The summed E-state index contributed by atoms with van der Waals surface area (Å²) in [6.07, 6.45) is 4.09. The molecule has 2 rings (SSSR count). The molecule has 0 radical (unpaired) electrons. The number of rotatable bonds is 5. The monoisotopic (exact) mass is 264 g/mol. The third kappa shape index (κ3) is 3.35. The van der Waals surface area contributed by atoms with Crippen LogP contribution < -0.4 is 15.0 Å². The Hall–Kier alpha value is -1.36. The molecule has 0 aromatic carbocycles. The van der Waals surface area contributed by atoms with Crippen LogP contribution in [0.25, 0.3) is 0 Å². The maximum absolute atomic E-state index is 5.28. The molecule has 1 aromatic rings. The van der Waals surface area contributed by atoms with E-state index in [1.807, 2.05) is 6.92 Å². The van der Waals surface area contributed by atoms with Crippen LogP contribution in [0.15, 0.2) is 6.33 Å². The van der Waals surface area contributed by atoms with Crippen molar-refractivity contribution in [2.45, 2.75) is 26.7 Å². The van der Waals surface area contributed by atoms with E-state index in [0.29, 0.717) is 5.88 Å². The standard InChI is InChI=1S/C14H24N4O/c1-4-18(9-12-5-7-15-8-6-12)13-11(2)14(19-3)17-10-16-13/h10,12,15H,4-9H2,1-3H3. The second kappa shape index (κ2) is 6.70. The number of nitrogens with zero attached hydrogens (tertiary/aromatic N) is 3. The molecule has 106 valence electrons. The second-order valence-corrected chi connectivity index (χ2v) is 5.06. The van der Waals surface area contributed by atoms with Crippen LogP contribution in [-0.2, 0) is 0 Å². The highest BCUT2D eigenvalue weighted by Crippen LogP contribution is 2.25. The van der Waals surface area contributed by atoms with E-state index in [9.17, 15) is 0 Å². The molecular formula is C14H24N4O. The Balaban J connectivity index is 2.12. The summed E-state index contributed by atoms with van der Waals surface area (Å²) in [6, 6.07) is 0. The maximum Gasteiger partial charge on any atom is 0.221 e. The van der Waals surface area contributed by atoms with Crippen LogP contribution in [0.4, 0.5) is 5.82 Å². The van der Waals surface area contributed by atoms with Crippen LogP contribution in [0, 0.1) is 12.8 Å². The van der Waals surface area contributed by atoms with Crippen molar-refractivity contribution in [1.82, 2.24) is 15.3 Å². The van der Waals surface area contributed by atoms with Gasteiger partial charge in [0.05, 0.1) is 12.7 Å². The summed E-state index contributed by atoms with van der Waals surface area (Å²) in [7, 11) is 1.65. The van der Waals surface area contributed by atoms with Crippen molar-refractivity contribution in [3.8, 4) is 5.88 Å². The van der Waals surface area contributed by atoms with E-state index in [2.05, 4.69) is 27.1 Å². The summed E-state index contributed by atoms with van der Waals surface area (Å²) in [6.45, 7) is 8.50. The van der Waals surface area contributed by atoms with E-state index in [1.165, 1.54) is 12.8 Å². The lowest BCUT2D eigenvalue weighted by molar-refractivity contribution is 0.372. The molecular weight excluding hydrogens is 240 g/mol. The predicted octanol–water partition coefficient (Wildman–Crippen LogP) is 1.62. The number of aromatic nitrogens is 2. The molecule has 19 heavy (non-hydrogen) atoms. The average Bonchev–Trinajstić information content (AvgIpc) is 2.46. The second-order valence-electron chi connectivity index (χ2n) is 5.06. The Morgan fingerprint density at radius 1 is 1.37 bits per heavy atom. The SMILES string of the molecule is CCN(CC1CCNCC1)c1ncnc(OC)c1C. The molecule has 5 heteroatoms. The van der Waals surface area contributed by atoms with Gasteiger partial charge in [0.1, 0.15) is 12.1 Å². The van der Waals surface area contributed by atoms with Crippen LogP contribution in [0.2, 0.25) is 0 Å². The Kier molecular flexibility index (Phi) is 4.96. The van der Waals surface area contributed by atoms with Crippen LogP contribution in [0.3, 0.4) is 0 Å². The molecule has 0 aliphatic carbocycles. The van der Waals surface area contributed by atoms with Crippen molar-refractivity contribution in [2.24, 2.45) is 5.92 Å². The van der Waals surface area contributed by atoms with E-state index in [0.717, 1.165) is 43.5 Å². The van der Waals surface area contributed by atoms with Gasteiger partial charge in [-0.2, -0.15) is 0 Å². The van der Waals surface area contributed by atoms with E-state index in [4.69, 9.17) is 4.74 Å². The molecule has 0 amide bonds. The molecule has 0 spiro atoms. The molecule has 0 unspecified atom stereocenters. The van der Waals surface area contributed by atoms with Gasteiger partial charge >= 0.3 is 0 Å². The summed E-state index contributed by atoms with van der Waals surface area (Å²) in [5.74, 6) is 2.43. The van der Waals surface area contributed by atoms with E-state index >= 15 is 0 Å². The number of ether oxygens (including phenoxy) is 1. The van der Waals surface area contributed by atoms with Crippen molar-refractivity contribution >= 4 is 5.82 Å². The Morgan fingerprint density at radius 3 is 2.74 bits per heavy atom. The van der Waals surface area contributed by atoms with Gasteiger partial charge in [0.25, 0.3) is 0 Å². The molecule has 1 aromatic heterocycles. The highest BCUT2D eigenvalue weighted by Gasteiger charge is 2.19. The summed E-state index contributed by atoms with van der Waals surface area (Å²) in [5, 5.41) is 3.41. The third-order valence-electron chi connectivity index (χ3n) is 3.82. The van der Waals surface area contributed by atoms with Crippen molar-refractivity contribution in [1.29, 1.82) is 0 Å². The normalized spacial score (nSPS) is 16.4. The molecule has 0 bridgehead atoms. The highest BCUT2D eigenvalue weighted by molar-refractivity contribution is 5.50. The van der Waals surface area contributed by atoms with Gasteiger partial charge in [-0.1, -0.05) is 0 Å². The van der Waals surface area contributed by atoms with Gasteiger partial charge in [-0.25, -0.2) is 9.97 Å². The lowest BCUT2D eigenvalue weighted by Crippen LogP contribution is -2.36. The lowest BCUT2D eigenvalue weighted by Gasteiger charge is -2.31. The summed E-state index contributed by atoms with van der Waals surface area (Å²) in [5.41, 5.74) is 1.03. The first kappa shape index (κ1) is 14.1. The largest absolute Gasteiger partial charge is 0.481 e. The molecule has 2 heterocycles. The van der Waals surface area contributed by atoms with Crippen LogP contribution >= 0.6 is 0 Å². The number of hydrogen-bond acceptors (Lipinski definition) is 5. The van der Waals surface area contributed by atoms with Crippen molar-refractivity contribution in [2.75, 3.05) is 38.2 Å². The fourth-order valence-electron chi connectivity index (χ4n) is 2.69. The number of hydrogen-bond donors (Lipinski definition) is 1. The zero-order valence-electron chi connectivity index (χ0n) is 12.1. The fraction of sp³-hybridized carbons (Fsp3) is 0.714. The van der Waals surface area contributed by atoms with Gasteiger partial charge in [-0.3, -0.25) is 0 Å². The molecule has 5 nitrogen and oxygen atoms in total. The van der Waals surface area contributed by atoms with E-state index in [-0.39, 0.29) is 0 Å². The first-order chi connectivity index (χ1) is 9.26. The third-order valence-corrected chi connectivity index (χ3v) is 3.82. The van der Waals surface area contributed by atoms with Crippen molar-refractivity contribution in [3.05, 3.63) is 11.9 Å². The minimum Gasteiger partial charge on any atom is -0.481 e. The van der Waals surface area contributed by atoms with Gasteiger partial charge in [-0.05, 0) is 45.7 Å². The first-order valence-electron chi connectivity index (χ1n) is 7.07. The molecule has 0 saturated carbocycles. The average molecular weight is 264 g/mol. The molecule has 0 atom stereocenters.